The Morgan fingerprint density at radius 3 is 2.62 bits per heavy atom. The minimum atomic E-state index is -0.660. The van der Waals surface area contributed by atoms with Crippen LogP contribution >= 0.6 is 23.2 Å². The normalized spacial score (nSPS) is 10.8. The molecule has 0 spiro atoms. The van der Waals surface area contributed by atoms with Gasteiger partial charge in [-0.2, -0.15) is 0 Å². The summed E-state index contributed by atoms with van der Waals surface area (Å²) in [5.74, 6) is 0.582. The molecule has 0 fully saturated rings. The second-order valence-electron chi connectivity index (χ2n) is 5.95. The van der Waals surface area contributed by atoms with E-state index in [4.69, 9.17) is 41.5 Å². The number of esters is 1. The Balaban J connectivity index is 1.49. The molecule has 2 aromatic heterocycles. The molecule has 0 atom stereocenters. The molecule has 6 nitrogen and oxygen atoms in total. The third-order valence-electron chi connectivity index (χ3n) is 3.93. The summed E-state index contributed by atoms with van der Waals surface area (Å²) in [6.45, 7) is -0.370. The Hall–Kier alpha value is -3.22. The van der Waals surface area contributed by atoms with Crippen molar-refractivity contribution >= 4 is 40.1 Å². The molecule has 0 N–H and O–H groups in total. The van der Waals surface area contributed by atoms with Crippen molar-refractivity contribution in [2.24, 2.45) is 0 Å². The summed E-state index contributed by atoms with van der Waals surface area (Å²) in [6.07, 6.45) is 1.49. The second kappa shape index (κ2) is 8.03. The number of hydrogen-bond donors (Lipinski definition) is 0. The number of rotatable bonds is 5. The zero-order valence-electron chi connectivity index (χ0n) is 14.7. The lowest BCUT2D eigenvalue weighted by Crippen LogP contribution is -2.18. The van der Waals surface area contributed by atoms with Gasteiger partial charge in [0.2, 0.25) is 0 Å². The van der Waals surface area contributed by atoms with Gasteiger partial charge in [0.25, 0.3) is 0 Å². The molecule has 2 heterocycles. The number of ether oxygens (including phenoxy) is 2. The summed E-state index contributed by atoms with van der Waals surface area (Å²) in [7, 11) is 0. The van der Waals surface area contributed by atoms with E-state index in [1.165, 1.54) is 30.5 Å². The van der Waals surface area contributed by atoms with Crippen molar-refractivity contribution in [1.82, 2.24) is 0 Å². The lowest BCUT2D eigenvalue weighted by Gasteiger charge is -2.09. The molecule has 0 saturated heterocycles. The predicted octanol–water partition coefficient (Wildman–Crippen LogP) is 5.34. The van der Waals surface area contributed by atoms with E-state index in [1.54, 1.807) is 30.3 Å². The SMILES string of the molecule is O=C(COc1ccc(Cl)cc1Cl)Oc1ccc2oc(-c3ccco3)cc(=O)c2c1. The fourth-order valence-corrected chi connectivity index (χ4v) is 3.09. The Labute approximate surface area is 174 Å². The van der Waals surface area contributed by atoms with Gasteiger partial charge in [0.05, 0.1) is 16.7 Å². The monoisotopic (exact) mass is 430 g/mol. The lowest BCUT2D eigenvalue weighted by atomic mass is 10.2. The fourth-order valence-electron chi connectivity index (χ4n) is 2.63. The van der Waals surface area contributed by atoms with Gasteiger partial charge in [-0.15, -0.1) is 0 Å². The summed E-state index contributed by atoms with van der Waals surface area (Å²) in [6, 6.07) is 13.8. The number of furan rings is 1. The molecule has 0 bridgehead atoms. The molecule has 4 aromatic rings. The maximum absolute atomic E-state index is 12.4. The van der Waals surface area contributed by atoms with Crippen LogP contribution < -0.4 is 14.9 Å². The molecule has 0 aliphatic rings. The Morgan fingerprint density at radius 2 is 1.86 bits per heavy atom. The Bertz CT molecular complexity index is 1240. The standard InChI is InChI=1S/C21H12Cl2O6/c22-12-3-5-18(15(23)8-12)27-11-21(25)28-13-4-6-17-14(9-13)16(24)10-20(29-17)19-2-1-7-26-19/h1-10H,11H2. The van der Waals surface area contributed by atoms with Crippen molar-refractivity contribution in [3.63, 3.8) is 0 Å². The third kappa shape index (κ3) is 4.29. The van der Waals surface area contributed by atoms with E-state index in [-0.39, 0.29) is 28.2 Å². The highest BCUT2D eigenvalue weighted by Gasteiger charge is 2.13. The molecule has 0 amide bonds. The van der Waals surface area contributed by atoms with E-state index in [0.717, 1.165) is 0 Å². The van der Waals surface area contributed by atoms with Crippen molar-refractivity contribution in [2.75, 3.05) is 6.61 Å². The smallest absolute Gasteiger partial charge is 0.349 e. The fraction of sp³-hybridized carbons (Fsp3) is 0.0476. The van der Waals surface area contributed by atoms with Crippen LogP contribution in [-0.4, -0.2) is 12.6 Å². The summed E-state index contributed by atoms with van der Waals surface area (Å²) < 4.78 is 21.5. The summed E-state index contributed by atoms with van der Waals surface area (Å²) >= 11 is 11.8. The maximum Gasteiger partial charge on any atom is 0.349 e. The zero-order valence-corrected chi connectivity index (χ0v) is 16.2. The molecule has 0 saturated carbocycles. The molecule has 146 valence electrons. The van der Waals surface area contributed by atoms with Gasteiger partial charge in [0, 0.05) is 11.1 Å². The predicted molar refractivity (Wildman–Crippen MR) is 108 cm³/mol. The van der Waals surface area contributed by atoms with E-state index in [2.05, 4.69) is 0 Å². The topological polar surface area (TPSA) is 78.9 Å². The molecule has 2 aromatic carbocycles. The molecular weight excluding hydrogens is 419 g/mol. The molecule has 0 aliphatic carbocycles. The molecule has 0 radical (unpaired) electrons. The van der Waals surface area contributed by atoms with E-state index >= 15 is 0 Å². The highest BCUT2D eigenvalue weighted by Crippen LogP contribution is 2.28. The first kappa shape index (κ1) is 19.1. The van der Waals surface area contributed by atoms with Crippen molar-refractivity contribution in [3.8, 4) is 23.0 Å². The number of hydrogen-bond acceptors (Lipinski definition) is 6. The van der Waals surface area contributed by atoms with Crippen LogP contribution in [0.15, 0.2) is 74.5 Å². The van der Waals surface area contributed by atoms with Crippen LogP contribution in [0, 0.1) is 0 Å². The van der Waals surface area contributed by atoms with Crippen LogP contribution in [0.5, 0.6) is 11.5 Å². The summed E-state index contributed by atoms with van der Waals surface area (Å²) in [4.78, 5) is 24.5. The van der Waals surface area contributed by atoms with Crippen LogP contribution in [0.1, 0.15) is 0 Å². The second-order valence-corrected chi connectivity index (χ2v) is 6.79. The molecule has 29 heavy (non-hydrogen) atoms. The largest absolute Gasteiger partial charge is 0.480 e. The summed E-state index contributed by atoms with van der Waals surface area (Å²) in [5.41, 5.74) is 0.0487. The Kier molecular flexibility index (Phi) is 5.29. The first-order valence-corrected chi connectivity index (χ1v) is 9.15. The maximum atomic E-state index is 12.4. The Morgan fingerprint density at radius 1 is 1.00 bits per heavy atom. The van der Waals surface area contributed by atoms with Crippen molar-refractivity contribution in [3.05, 3.63) is 81.1 Å². The van der Waals surface area contributed by atoms with E-state index in [0.29, 0.717) is 27.9 Å². The van der Waals surface area contributed by atoms with Crippen molar-refractivity contribution in [1.29, 1.82) is 0 Å². The number of benzene rings is 2. The van der Waals surface area contributed by atoms with E-state index in [1.807, 2.05) is 0 Å². The van der Waals surface area contributed by atoms with Gasteiger partial charge < -0.3 is 18.3 Å². The number of carbonyl (C=O) groups excluding carboxylic acids is 1. The average molecular weight is 431 g/mol. The highest BCUT2D eigenvalue weighted by molar-refractivity contribution is 6.35. The first-order chi connectivity index (χ1) is 14.0. The quantitative estimate of drug-likeness (QED) is 0.313. The highest BCUT2D eigenvalue weighted by atomic mass is 35.5. The molecular formula is C21H12Cl2O6. The molecule has 4 rings (SSSR count). The minimum Gasteiger partial charge on any atom is -0.480 e. The average Bonchev–Trinajstić information content (AvgIpc) is 3.22. The molecule has 0 aliphatic heterocycles. The van der Waals surface area contributed by atoms with Crippen molar-refractivity contribution in [2.45, 2.75) is 0 Å². The van der Waals surface area contributed by atoms with Crippen LogP contribution in [0.25, 0.3) is 22.5 Å². The van der Waals surface area contributed by atoms with Gasteiger partial charge in [-0.1, -0.05) is 23.2 Å². The van der Waals surface area contributed by atoms with Gasteiger partial charge >= 0.3 is 5.97 Å². The zero-order chi connectivity index (χ0) is 20.4. The van der Waals surface area contributed by atoms with Gasteiger partial charge in [0.1, 0.15) is 17.1 Å². The van der Waals surface area contributed by atoms with Crippen LogP contribution in [-0.2, 0) is 4.79 Å². The summed E-state index contributed by atoms with van der Waals surface area (Å²) in [5, 5.41) is 1.00. The van der Waals surface area contributed by atoms with Gasteiger partial charge in [-0.25, -0.2) is 4.79 Å². The number of halogens is 2. The van der Waals surface area contributed by atoms with Crippen LogP contribution in [0.2, 0.25) is 10.0 Å². The molecule has 0 unspecified atom stereocenters. The van der Waals surface area contributed by atoms with E-state index < -0.39 is 5.97 Å². The van der Waals surface area contributed by atoms with Gasteiger partial charge in [-0.3, -0.25) is 4.79 Å². The lowest BCUT2D eigenvalue weighted by molar-refractivity contribution is -0.136. The van der Waals surface area contributed by atoms with Crippen molar-refractivity contribution < 1.29 is 23.1 Å². The van der Waals surface area contributed by atoms with E-state index in [9.17, 15) is 9.59 Å². The third-order valence-corrected chi connectivity index (χ3v) is 4.46. The minimum absolute atomic E-state index is 0.186. The van der Waals surface area contributed by atoms with Gasteiger partial charge in [-0.05, 0) is 48.5 Å². The number of carbonyl (C=O) groups is 1. The molecule has 8 heteroatoms. The van der Waals surface area contributed by atoms with Gasteiger partial charge in [0.15, 0.2) is 23.6 Å². The number of fused-ring (bicyclic) bond motifs is 1. The first-order valence-electron chi connectivity index (χ1n) is 8.40. The van der Waals surface area contributed by atoms with Crippen LogP contribution in [0.4, 0.5) is 0 Å². The van der Waals surface area contributed by atoms with Crippen LogP contribution in [0.3, 0.4) is 0 Å².